The molecule has 0 spiro atoms. The first kappa shape index (κ1) is 30.2. The Morgan fingerprint density at radius 3 is 2.43 bits per heavy atom. The maximum atomic E-state index is 15.4. The van der Waals surface area contributed by atoms with Crippen molar-refractivity contribution in [3.8, 4) is 23.2 Å². The summed E-state index contributed by atoms with van der Waals surface area (Å²) in [7, 11) is 2.81. The van der Waals surface area contributed by atoms with E-state index < -0.39 is 41.4 Å². The van der Waals surface area contributed by atoms with Gasteiger partial charge in [0.05, 0.1) is 41.6 Å². The van der Waals surface area contributed by atoms with Gasteiger partial charge in [-0.05, 0) is 54.1 Å². The first-order valence-corrected chi connectivity index (χ1v) is 13.2. The number of hydrogen-bond donors (Lipinski definition) is 0. The second-order valence-electron chi connectivity index (χ2n) is 9.65. The highest BCUT2D eigenvalue weighted by Gasteiger charge is 2.19. The van der Waals surface area contributed by atoms with Gasteiger partial charge in [0.15, 0.2) is 0 Å². The van der Waals surface area contributed by atoms with E-state index in [-0.39, 0.29) is 34.7 Å². The Balaban J connectivity index is 1.41. The Labute approximate surface area is 249 Å². The minimum atomic E-state index is -0.896. The molecule has 0 aliphatic heterocycles. The maximum absolute atomic E-state index is 15.4. The number of hydrogen-bond acceptors (Lipinski definition) is 7. The molecule has 2 aromatic heterocycles. The zero-order valence-corrected chi connectivity index (χ0v) is 23.5. The summed E-state index contributed by atoms with van der Waals surface area (Å²) >= 11 is 0. The number of fused-ring (bicyclic) bond motifs is 1. The molecule has 2 heterocycles. The van der Waals surface area contributed by atoms with Crippen molar-refractivity contribution >= 4 is 17.0 Å². The van der Waals surface area contributed by atoms with Crippen LogP contribution >= 0.6 is 0 Å². The van der Waals surface area contributed by atoms with E-state index in [0.717, 1.165) is 24.3 Å². The average Bonchev–Trinajstić information content (AvgIpc) is 3.37. The number of rotatable bonds is 10. The first-order chi connectivity index (χ1) is 21.2. The largest absolute Gasteiger partial charge is 0.473 e. The number of aromatic nitrogens is 3. The molecule has 5 rings (SSSR count). The van der Waals surface area contributed by atoms with Gasteiger partial charge in [0, 0.05) is 37.3 Å². The quantitative estimate of drug-likeness (QED) is 0.140. The lowest BCUT2D eigenvalue weighted by Crippen LogP contribution is -2.10. The predicted octanol–water partition coefficient (Wildman–Crippen LogP) is 6.13. The van der Waals surface area contributed by atoms with Gasteiger partial charge in [-0.15, -0.1) is 0 Å². The molecule has 12 heteroatoms. The molecular formula is C32H24F4N4O4. The van der Waals surface area contributed by atoms with Crippen molar-refractivity contribution in [2.24, 2.45) is 0 Å². The maximum Gasteiger partial charge on any atom is 0.337 e. The SMILES string of the molecule is COCCn1c(Cc2cc(F)c(-c3cccc(OCc4cc(F)c(C#N)cc4F)n3)cc2F)nc2ccc(C(=O)OC)cc21. The van der Waals surface area contributed by atoms with E-state index in [1.165, 1.54) is 32.4 Å². The molecule has 0 unspecified atom stereocenters. The van der Waals surface area contributed by atoms with Crippen LogP contribution in [0.3, 0.4) is 0 Å². The van der Waals surface area contributed by atoms with E-state index in [2.05, 4.69) is 9.97 Å². The van der Waals surface area contributed by atoms with Crippen LogP contribution < -0.4 is 4.74 Å². The topological polar surface area (TPSA) is 99.3 Å². The highest BCUT2D eigenvalue weighted by molar-refractivity contribution is 5.93. The number of esters is 1. The van der Waals surface area contributed by atoms with Crippen LogP contribution in [0, 0.1) is 34.6 Å². The van der Waals surface area contributed by atoms with Gasteiger partial charge in [0.1, 0.15) is 41.8 Å². The number of halogens is 4. The summed E-state index contributed by atoms with van der Waals surface area (Å²) in [4.78, 5) is 20.9. The molecule has 0 N–H and O–H groups in total. The molecule has 0 aliphatic carbocycles. The molecule has 0 fully saturated rings. The van der Waals surface area contributed by atoms with Gasteiger partial charge in [-0.2, -0.15) is 5.26 Å². The zero-order chi connectivity index (χ0) is 31.4. The van der Waals surface area contributed by atoms with Gasteiger partial charge in [-0.25, -0.2) is 32.3 Å². The molecule has 0 bridgehead atoms. The predicted molar refractivity (Wildman–Crippen MR) is 151 cm³/mol. The molecule has 0 saturated carbocycles. The van der Waals surface area contributed by atoms with Crippen molar-refractivity contribution in [2.45, 2.75) is 19.6 Å². The molecule has 0 atom stereocenters. The van der Waals surface area contributed by atoms with Crippen molar-refractivity contribution in [3.63, 3.8) is 0 Å². The molecule has 0 radical (unpaired) electrons. The summed E-state index contributed by atoms with van der Waals surface area (Å²) in [5, 5.41) is 8.84. The number of carbonyl (C=O) groups excluding carboxylic acids is 1. The second-order valence-corrected chi connectivity index (χ2v) is 9.65. The van der Waals surface area contributed by atoms with E-state index in [1.54, 1.807) is 28.8 Å². The van der Waals surface area contributed by atoms with Crippen LogP contribution in [0.15, 0.2) is 60.7 Å². The Bertz CT molecular complexity index is 1920. The third kappa shape index (κ3) is 6.23. The van der Waals surface area contributed by atoms with Gasteiger partial charge >= 0.3 is 5.97 Å². The number of benzene rings is 3. The molecule has 0 saturated heterocycles. The zero-order valence-electron chi connectivity index (χ0n) is 23.5. The van der Waals surface area contributed by atoms with Crippen LogP contribution in [0.2, 0.25) is 0 Å². The molecular weight excluding hydrogens is 580 g/mol. The minimum absolute atomic E-state index is 0.0336. The van der Waals surface area contributed by atoms with Gasteiger partial charge in [0.2, 0.25) is 5.88 Å². The molecule has 3 aromatic carbocycles. The Kier molecular flexibility index (Phi) is 8.87. The van der Waals surface area contributed by atoms with Gasteiger partial charge < -0.3 is 18.8 Å². The van der Waals surface area contributed by atoms with Crippen LogP contribution in [-0.2, 0) is 29.0 Å². The Hall–Kier alpha value is -5.28. The fraction of sp³-hybridized carbons (Fsp3) is 0.188. The van der Waals surface area contributed by atoms with Gasteiger partial charge in [-0.1, -0.05) is 6.07 Å². The van der Waals surface area contributed by atoms with E-state index in [1.807, 2.05) is 0 Å². The fourth-order valence-corrected chi connectivity index (χ4v) is 4.66. The van der Waals surface area contributed by atoms with Crippen molar-refractivity contribution in [2.75, 3.05) is 20.8 Å². The van der Waals surface area contributed by atoms with Crippen molar-refractivity contribution in [1.82, 2.24) is 14.5 Å². The van der Waals surface area contributed by atoms with E-state index in [0.29, 0.717) is 35.6 Å². The van der Waals surface area contributed by atoms with Crippen LogP contribution in [0.1, 0.15) is 32.9 Å². The van der Waals surface area contributed by atoms with E-state index in [4.69, 9.17) is 19.5 Å². The summed E-state index contributed by atoms with van der Waals surface area (Å²) < 4.78 is 76.2. The Morgan fingerprint density at radius 2 is 1.68 bits per heavy atom. The fourth-order valence-electron chi connectivity index (χ4n) is 4.66. The van der Waals surface area contributed by atoms with Crippen molar-refractivity contribution in [1.29, 1.82) is 5.26 Å². The third-order valence-corrected chi connectivity index (χ3v) is 6.88. The highest BCUT2D eigenvalue weighted by Crippen LogP contribution is 2.28. The molecule has 0 aliphatic rings. The number of ether oxygens (including phenoxy) is 3. The van der Waals surface area contributed by atoms with E-state index >= 15 is 8.78 Å². The van der Waals surface area contributed by atoms with Crippen LogP contribution in [0.25, 0.3) is 22.3 Å². The van der Waals surface area contributed by atoms with E-state index in [9.17, 15) is 13.6 Å². The van der Waals surface area contributed by atoms with Crippen molar-refractivity contribution < 1.29 is 36.6 Å². The molecule has 5 aromatic rings. The van der Waals surface area contributed by atoms with Gasteiger partial charge in [0.25, 0.3) is 0 Å². The number of imidazole rings is 1. The molecule has 0 amide bonds. The number of nitrogens with zero attached hydrogens (tertiary/aromatic N) is 4. The summed E-state index contributed by atoms with van der Waals surface area (Å²) in [5.74, 6) is -3.30. The summed E-state index contributed by atoms with van der Waals surface area (Å²) in [6, 6.07) is 14.5. The lowest BCUT2D eigenvalue weighted by molar-refractivity contribution is 0.0601. The van der Waals surface area contributed by atoms with Crippen LogP contribution in [0.4, 0.5) is 17.6 Å². The monoisotopic (exact) mass is 604 g/mol. The summed E-state index contributed by atoms with van der Waals surface area (Å²) in [6.07, 6.45) is -0.0573. The number of carbonyl (C=O) groups is 1. The highest BCUT2D eigenvalue weighted by atomic mass is 19.1. The minimum Gasteiger partial charge on any atom is -0.473 e. The second kappa shape index (κ2) is 12.9. The lowest BCUT2D eigenvalue weighted by Gasteiger charge is -2.12. The lowest BCUT2D eigenvalue weighted by atomic mass is 10.0. The number of methoxy groups -OCH3 is 2. The molecule has 224 valence electrons. The summed E-state index contributed by atoms with van der Waals surface area (Å²) in [5.41, 5.74) is 0.870. The smallest absolute Gasteiger partial charge is 0.337 e. The Morgan fingerprint density at radius 1 is 0.909 bits per heavy atom. The number of pyridine rings is 1. The van der Waals surface area contributed by atoms with Crippen LogP contribution in [-0.4, -0.2) is 41.3 Å². The average molecular weight is 605 g/mol. The number of nitriles is 1. The van der Waals surface area contributed by atoms with Crippen molar-refractivity contribution in [3.05, 3.63) is 112 Å². The third-order valence-electron chi connectivity index (χ3n) is 6.88. The normalized spacial score (nSPS) is 11.0. The molecule has 44 heavy (non-hydrogen) atoms. The molecule has 8 nitrogen and oxygen atoms in total. The van der Waals surface area contributed by atoms with Gasteiger partial charge in [-0.3, -0.25) is 0 Å². The first-order valence-electron chi connectivity index (χ1n) is 13.2. The standard InChI is InChI=1S/C32H24F4N4O4/c1-42-9-8-40-29-13-18(32(41)43-2)6-7-28(29)38-30(40)14-19-10-26(36)22(15-25(19)35)27-4-3-5-31(39-27)44-17-21-12-23(33)20(16-37)11-24(21)34/h3-7,10-13,15H,8-9,14,17H2,1-2H3. The van der Waals surface area contributed by atoms with Crippen LogP contribution in [0.5, 0.6) is 5.88 Å². The summed E-state index contributed by atoms with van der Waals surface area (Å²) in [6.45, 7) is 0.254.